The topological polar surface area (TPSA) is 92.7 Å². The van der Waals surface area contributed by atoms with Crippen LogP contribution in [0.1, 0.15) is 11.1 Å². The Balaban J connectivity index is 2.20. The highest BCUT2D eigenvalue weighted by atomic mass is 16.5. The van der Waals surface area contributed by atoms with E-state index in [1.54, 1.807) is 30.3 Å². The number of hydrogen-bond acceptors (Lipinski definition) is 5. The third kappa shape index (κ3) is 2.50. The molecule has 26 heavy (non-hydrogen) atoms. The predicted octanol–water partition coefficient (Wildman–Crippen LogP) is 0.770. The molecule has 2 aromatic carbocycles. The Morgan fingerprint density at radius 3 is 2.15 bits per heavy atom. The minimum absolute atomic E-state index is 0.0707. The van der Waals surface area contributed by atoms with Crippen molar-refractivity contribution < 1.29 is 24.2 Å². The van der Waals surface area contributed by atoms with E-state index in [1.807, 2.05) is 30.3 Å². The van der Waals surface area contributed by atoms with Crippen molar-refractivity contribution in [2.24, 2.45) is 0 Å². The summed E-state index contributed by atoms with van der Waals surface area (Å²) in [6.45, 7) is -0.867. The van der Waals surface area contributed by atoms with E-state index < -0.39 is 35.2 Å². The van der Waals surface area contributed by atoms with Gasteiger partial charge in [-0.3, -0.25) is 9.59 Å². The van der Waals surface area contributed by atoms with Crippen molar-refractivity contribution in [1.29, 1.82) is 0 Å². The Bertz CT molecular complexity index is 836. The molecule has 2 N–H and O–H groups in total. The van der Waals surface area contributed by atoms with E-state index in [2.05, 4.69) is 5.32 Å². The summed E-state index contributed by atoms with van der Waals surface area (Å²) >= 11 is 0. The van der Waals surface area contributed by atoms with Crippen LogP contribution in [0.2, 0.25) is 0 Å². The molecule has 6 heteroatoms. The number of rotatable bonds is 5. The molecule has 134 valence electrons. The number of ether oxygens (including phenoxy) is 1. The van der Waals surface area contributed by atoms with Crippen LogP contribution in [0.4, 0.5) is 0 Å². The van der Waals surface area contributed by atoms with Gasteiger partial charge in [0.05, 0.1) is 13.7 Å². The minimum atomic E-state index is -2.10. The number of esters is 1. The molecule has 1 saturated heterocycles. The van der Waals surface area contributed by atoms with E-state index in [0.717, 1.165) is 12.7 Å². The van der Waals surface area contributed by atoms with E-state index in [9.17, 15) is 19.5 Å². The standard InChI is InChI=1S/C20H19NO5/c1-26-18(25)20(13-22)16(23)19(17(24)21-20,15-10-6-3-7-11-15)12-14-8-4-2-5-9-14/h2-11,22H,12-13H2,1H3,(H,21,24)/t19-,20+/m0/s1. The van der Waals surface area contributed by atoms with Crippen molar-refractivity contribution in [2.75, 3.05) is 13.7 Å². The average Bonchev–Trinajstić information content (AvgIpc) is 2.91. The Morgan fingerprint density at radius 2 is 1.62 bits per heavy atom. The van der Waals surface area contributed by atoms with E-state index in [-0.39, 0.29) is 6.42 Å². The molecule has 2 aromatic rings. The van der Waals surface area contributed by atoms with Crippen LogP contribution < -0.4 is 5.32 Å². The fourth-order valence-electron chi connectivity index (χ4n) is 3.47. The van der Waals surface area contributed by atoms with Crippen LogP contribution in [-0.2, 0) is 31.0 Å². The Hall–Kier alpha value is -2.99. The van der Waals surface area contributed by atoms with Crippen molar-refractivity contribution >= 4 is 17.7 Å². The number of aliphatic hydroxyl groups excluding tert-OH is 1. The molecule has 1 aliphatic heterocycles. The molecule has 0 bridgehead atoms. The van der Waals surface area contributed by atoms with E-state index in [4.69, 9.17) is 4.74 Å². The molecule has 1 heterocycles. The highest BCUT2D eigenvalue weighted by Crippen LogP contribution is 2.39. The largest absolute Gasteiger partial charge is 0.467 e. The molecule has 2 atom stereocenters. The smallest absolute Gasteiger partial charge is 0.341 e. The summed E-state index contributed by atoms with van der Waals surface area (Å²) in [7, 11) is 1.11. The molecule has 1 fully saturated rings. The molecule has 0 aromatic heterocycles. The second-order valence-electron chi connectivity index (χ2n) is 6.27. The van der Waals surface area contributed by atoms with E-state index in [1.165, 1.54) is 0 Å². The summed E-state index contributed by atoms with van der Waals surface area (Å²) < 4.78 is 4.69. The zero-order valence-corrected chi connectivity index (χ0v) is 14.3. The lowest BCUT2D eigenvalue weighted by atomic mass is 9.70. The molecule has 0 aliphatic carbocycles. The van der Waals surface area contributed by atoms with Gasteiger partial charge in [-0.2, -0.15) is 0 Å². The summed E-state index contributed by atoms with van der Waals surface area (Å²) in [6.07, 6.45) is 0.0707. The van der Waals surface area contributed by atoms with Gasteiger partial charge in [0.25, 0.3) is 0 Å². The van der Waals surface area contributed by atoms with Crippen LogP contribution in [0, 0.1) is 0 Å². The van der Waals surface area contributed by atoms with E-state index >= 15 is 0 Å². The first kappa shape index (κ1) is 17.8. The Kier molecular flexibility index (Phi) is 4.61. The number of carbonyl (C=O) groups is 3. The third-order valence-corrected chi connectivity index (χ3v) is 4.84. The summed E-state index contributed by atoms with van der Waals surface area (Å²) in [5.41, 5.74) is -2.50. The van der Waals surface area contributed by atoms with Gasteiger partial charge >= 0.3 is 5.97 Å². The van der Waals surface area contributed by atoms with Crippen LogP contribution in [0.5, 0.6) is 0 Å². The first-order valence-electron chi connectivity index (χ1n) is 8.17. The number of carbonyl (C=O) groups excluding carboxylic acids is 3. The van der Waals surface area contributed by atoms with Crippen molar-refractivity contribution in [3.05, 3.63) is 71.8 Å². The van der Waals surface area contributed by atoms with Crippen LogP contribution >= 0.6 is 0 Å². The number of nitrogens with one attached hydrogen (secondary N) is 1. The summed E-state index contributed by atoms with van der Waals surface area (Å²) in [5, 5.41) is 12.2. The normalized spacial score (nSPS) is 25.0. The van der Waals surface area contributed by atoms with Gasteiger partial charge in [0, 0.05) is 0 Å². The monoisotopic (exact) mass is 353 g/mol. The highest BCUT2D eigenvalue weighted by molar-refractivity contribution is 6.29. The number of Topliss-reactive ketones (excluding diaryl/α,β-unsaturated/α-hetero) is 1. The van der Waals surface area contributed by atoms with Crippen molar-refractivity contribution in [2.45, 2.75) is 17.4 Å². The number of aliphatic hydroxyl groups is 1. The summed E-state index contributed by atoms with van der Waals surface area (Å²) in [5.74, 6) is -2.32. The highest BCUT2D eigenvalue weighted by Gasteiger charge is 2.66. The van der Waals surface area contributed by atoms with Crippen LogP contribution in [-0.4, -0.2) is 42.0 Å². The zero-order valence-electron chi connectivity index (χ0n) is 14.3. The van der Waals surface area contributed by atoms with Crippen LogP contribution in [0.25, 0.3) is 0 Å². The third-order valence-electron chi connectivity index (χ3n) is 4.84. The quantitative estimate of drug-likeness (QED) is 0.612. The number of amides is 1. The van der Waals surface area contributed by atoms with Crippen molar-refractivity contribution in [1.82, 2.24) is 5.32 Å². The molecule has 0 spiro atoms. The van der Waals surface area contributed by atoms with Gasteiger partial charge in [-0.05, 0) is 17.5 Å². The van der Waals surface area contributed by atoms with E-state index in [0.29, 0.717) is 5.56 Å². The van der Waals surface area contributed by atoms with Gasteiger partial charge in [0.15, 0.2) is 5.78 Å². The first-order chi connectivity index (χ1) is 12.5. The van der Waals surface area contributed by atoms with Gasteiger partial charge < -0.3 is 15.2 Å². The molecular weight excluding hydrogens is 334 g/mol. The SMILES string of the molecule is COC(=O)[C@]1(CO)NC(=O)[C@@](Cc2ccccc2)(c2ccccc2)C1=O. The maximum Gasteiger partial charge on any atom is 0.341 e. The second kappa shape index (κ2) is 6.72. The molecule has 0 radical (unpaired) electrons. The molecule has 6 nitrogen and oxygen atoms in total. The van der Waals surface area contributed by atoms with Crippen molar-refractivity contribution in [3.8, 4) is 0 Å². The fourth-order valence-corrected chi connectivity index (χ4v) is 3.47. The minimum Gasteiger partial charge on any atom is -0.467 e. The van der Waals surface area contributed by atoms with Gasteiger partial charge in [0.1, 0.15) is 5.41 Å². The van der Waals surface area contributed by atoms with Gasteiger partial charge in [-0.15, -0.1) is 0 Å². The molecule has 0 unspecified atom stereocenters. The maximum atomic E-state index is 13.5. The van der Waals surface area contributed by atoms with Crippen LogP contribution in [0.15, 0.2) is 60.7 Å². The van der Waals surface area contributed by atoms with Crippen molar-refractivity contribution in [3.63, 3.8) is 0 Å². The maximum absolute atomic E-state index is 13.5. The first-order valence-corrected chi connectivity index (χ1v) is 8.17. The lowest BCUT2D eigenvalue weighted by Gasteiger charge is -2.27. The number of methoxy groups -OCH3 is 1. The number of hydrogen-bond donors (Lipinski definition) is 2. The summed E-state index contributed by atoms with van der Waals surface area (Å²) in [4.78, 5) is 38.8. The molecule has 1 amide bonds. The molecule has 0 saturated carbocycles. The Morgan fingerprint density at radius 1 is 1.04 bits per heavy atom. The number of ketones is 1. The second-order valence-corrected chi connectivity index (χ2v) is 6.27. The zero-order chi connectivity index (χ0) is 18.8. The Labute approximate surface area is 150 Å². The van der Waals surface area contributed by atoms with Gasteiger partial charge in [-0.1, -0.05) is 60.7 Å². The fraction of sp³-hybridized carbons (Fsp3) is 0.250. The predicted molar refractivity (Wildman–Crippen MR) is 93.2 cm³/mol. The average molecular weight is 353 g/mol. The lowest BCUT2D eigenvalue weighted by Crippen LogP contribution is -2.58. The number of benzene rings is 2. The lowest BCUT2D eigenvalue weighted by molar-refractivity contribution is -0.154. The van der Waals surface area contributed by atoms with Gasteiger partial charge in [0.2, 0.25) is 11.4 Å². The van der Waals surface area contributed by atoms with Crippen LogP contribution in [0.3, 0.4) is 0 Å². The molecule has 1 aliphatic rings. The summed E-state index contributed by atoms with van der Waals surface area (Å²) in [6, 6.07) is 17.6. The molecule has 3 rings (SSSR count). The van der Waals surface area contributed by atoms with Gasteiger partial charge in [-0.25, -0.2) is 4.79 Å². The molecular formula is C20H19NO5.